The molecule has 1 heterocycles. The van der Waals surface area contributed by atoms with Crippen LogP contribution in [0.25, 0.3) is 10.9 Å². The molecule has 0 atom stereocenters. The first-order valence-corrected chi connectivity index (χ1v) is 6.86. The third-order valence-electron chi connectivity index (χ3n) is 2.91. The van der Waals surface area contributed by atoms with E-state index in [-0.39, 0.29) is 0 Å². The van der Waals surface area contributed by atoms with E-state index in [1.54, 1.807) is 18.3 Å². The molecule has 0 aliphatic heterocycles. The quantitative estimate of drug-likeness (QED) is 0.749. The number of benzene rings is 2. The average molecular weight is 324 g/mol. The number of nitrogens with zero attached hydrogens (tertiary/aromatic N) is 2. The zero-order chi connectivity index (χ0) is 13.9. The van der Waals surface area contributed by atoms with Crippen LogP contribution in [0.15, 0.2) is 59.2 Å². The zero-order valence-electron chi connectivity index (χ0n) is 10.5. The van der Waals surface area contributed by atoms with Crippen molar-refractivity contribution in [2.75, 3.05) is 5.32 Å². The first-order chi connectivity index (χ1) is 9.74. The Labute approximate surface area is 125 Å². The van der Waals surface area contributed by atoms with E-state index in [1.165, 1.54) is 0 Å². The van der Waals surface area contributed by atoms with Crippen molar-refractivity contribution in [3.63, 3.8) is 0 Å². The smallest absolute Gasteiger partial charge is 0.0992 e. The standard InChI is InChI=1S/C16H10BrN3/c17-13-5-11(9-18)6-14(8-13)20-15-7-12-3-1-2-4-16(12)19-10-15/h1-8,10,20H. The highest BCUT2D eigenvalue weighted by Gasteiger charge is 2.01. The Morgan fingerprint density at radius 2 is 1.90 bits per heavy atom. The summed E-state index contributed by atoms with van der Waals surface area (Å²) in [6.07, 6.45) is 1.79. The lowest BCUT2D eigenvalue weighted by atomic mass is 10.2. The minimum atomic E-state index is 0.607. The summed E-state index contributed by atoms with van der Waals surface area (Å²) in [5.41, 5.74) is 3.32. The number of nitrogens with one attached hydrogen (secondary N) is 1. The van der Waals surface area contributed by atoms with Crippen molar-refractivity contribution in [3.05, 3.63) is 64.8 Å². The van der Waals surface area contributed by atoms with E-state index >= 15 is 0 Å². The van der Waals surface area contributed by atoms with Gasteiger partial charge >= 0.3 is 0 Å². The summed E-state index contributed by atoms with van der Waals surface area (Å²) < 4.78 is 0.868. The van der Waals surface area contributed by atoms with Crippen LogP contribution >= 0.6 is 15.9 Å². The molecule has 2 aromatic carbocycles. The van der Waals surface area contributed by atoms with Crippen molar-refractivity contribution in [2.45, 2.75) is 0 Å². The topological polar surface area (TPSA) is 48.7 Å². The highest BCUT2D eigenvalue weighted by molar-refractivity contribution is 9.10. The van der Waals surface area contributed by atoms with E-state index in [4.69, 9.17) is 5.26 Å². The van der Waals surface area contributed by atoms with Crippen molar-refractivity contribution in [3.8, 4) is 6.07 Å². The minimum absolute atomic E-state index is 0.607. The molecule has 3 aromatic rings. The molecule has 0 saturated carbocycles. The van der Waals surface area contributed by atoms with E-state index in [9.17, 15) is 0 Å². The number of anilines is 2. The maximum absolute atomic E-state index is 8.98. The number of hydrogen-bond acceptors (Lipinski definition) is 3. The van der Waals surface area contributed by atoms with E-state index < -0.39 is 0 Å². The van der Waals surface area contributed by atoms with Crippen LogP contribution in [-0.4, -0.2) is 4.98 Å². The third kappa shape index (κ3) is 2.63. The molecule has 3 rings (SSSR count). The van der Waals surface area contributed by atoms with Gasteiger partial charge in [0.1, 0.15) is 0 Å². The van der Waals surface area contributed by atoms with Crippen LogP contribution in [0.5, 0.6) is 0 Å². The highest BCUT2D eigenvalue weighted by Crippen LogP contribution is 2.24. The molecule has 0 aliphatic rings. The Balaban J connectivity index is 1.97. The number of hydrogen-bond donors (Lipinski definition) is 1. The van der Waals surface area contributed by atoms with Gasteiger partial charge < -0.3 is 5.32 Å². The van der Waals surface area contributed by atoms with Gasteiger partial charge in [0.2, 0.25) is 0 Å². The molecule has 0 fully saturated rings. The van der Waals surface area contributed by atoms with Gasteiger partial charge in [-0.05, 0) is 30.3 Å². The van der Waals surface area contributed by atoms with Crippen molar-refractivity contribution in [1.29, 1.82) is 5.26 Å². The second-order valence-corrected chi connectivity index (χ2v) is 5.30. The fraction of sp³-hybridized carbons (Fsp3) is 0. The van der Waals surface area contributed by atoms with E-state index in [2.05, 4.69) is 32.3 Å². The largest absolute Gasteiger partial charge is 0.354 e. The van der Waals surface area contributed by atoms with Crippen LogP contribution in [0.2, 0.25) is 0 Å². The molecule has 0 spiro atoms. The number of nitriles is 1. The van der Waals surface area contributed by atoms with Crippen LogP contribution in [-0.2, 0) is 0 Å². The van der Waals surface area contributed by atoms with Crippen LogP contribution in [0, 0.1) is 11.3 Å². The normalized spacial score (nSPS) is 10.2. The number of aromatic nitrogens is 1. The summed E-state index contributed by atoms with van der Waals surface area (Å²) in [7, 11) is 0. The number of pyridine rings is 1. The van der Waals surface area contributed by atoms with Crippen LogP contribution < -0.4 is 5.32 Å². The predicted octanol–water partition coefficient (Wildman–Crippen LogP) is 4.61. The lowest BCUT2D eigenvalue weighted by Gasteiger charge is -2.08. The van der Waals surface area contributed by atoms with Gasteiger partial charge in [-0.15, -0.1) is 0 Å². The van der Waals surface area contributed by atoms with Crippen LogP contribution in [0.4, 0.5) is 11.4 Å². The molecular formula is C16H10BrN3. The molecule has 0 aliphatic carbocycles. The fourth-order valence-electron chi connectivity index (χ4n) is 2.03. The molecule has 0 amide bonds. The highest BCUT2D eigenvalue weighted by atomic mass is 79.9. The maximum Gasteiger partial charge on any atom is 0.0992 e. The minimum Gasteiger partial charge on any atom is -0.354 e. The summed E-state index contributed by atoms with van der Waals surface area (Å²) in [6.45, 7) is 0. The molecule has 3 nitrogen and oxygen atoms in total. The molecular weight excluding hydrogens is 314 g/mol. The van der Waals surface area contributed by atoms with Crippen molar-refractivity contribution >= 4 is 38.2 Å². The van der Waals surface area contributed by atoms with Gasteiger partial charge in [0, 0.05) is 15.5 Å². The monoisotopic (exact) mass is 323 g/mol. The van der Waals surface area contributed by atoms with Gasteiger partial charge in [0.15, 0.2) is 0 Å². The van der Waals surface area contributed by atoms with Gasteiger partial charge in [0.25, 0.3) is 0 Å². The first kappa shape index (κ1) is 12.6. The number of rotatable bonds is 2. The lowest BCUT2D eigenvalue weighted by Crippen LogP contribution is -1.92. The van der Waals surface area contributed by atoms with Crippen molar-refractivity contribution in [1.82, 2.24) is 4.98 Å². The van der Waals surface area contributed by atoms with E-state index in [0.717, 1.165) is 26.8 Å². The second-order valence-electron chi connectivity index (χ2n) is 4.38. The average Bonchev–Trinajstić information content (AvgIpc) is 2.46. The molecule has 1 aromatic heterocycles. The van der Waals surface area contributed by atoms with Crippen LogP contribution in [0.1, 0.15) is 5.56 Å². The summed E-state index contributed by atoms with van der Waals surface area (Å²) >= 11 is 3.40. The molecule has 1 N–H and O–H groups in total. The Bertz CT molecular complexity index is 821. The number of fused-ring (bicyclic) bond motifs is 1. The molecule has 0 bridgehead atoms. The van der Waals surface area contributed by atoms with Crippen molar-refractivity contribution < 1.29 is 0 Å². The zero-order valence-corrected chi connectivity index (χ0v) is 12.1. The van der Waals surface area contributed by atoms with Gasteiger partial charge in [-0.3, -0.25) is 4.98 Å². The third-order valence-corrected chi connectivity index (χ3v) is 3.36. The molecule has 20 heavy (non-hydrogen) atoms. The molecule has 0 saturated heterocycles. The number of para-hydroxylation sites is 1. The Morgan fingerprint density at radius 3 is 2.75 bits per heavy atom. The predicted molar refractivity (Wildman–Crippen MR) is 83.9 cm³/mol. The van der Waals surface area contributed by atoms with E-state index in [1.807, 2.05) is 36.4 Å². The van der Waals surface area contributed by atoms with E-state index in [0.29, 0.717) is 5.56 Å². The summed E-state index contributed by atoms with van der Waals surface area (Å²) in [4.78, 5) is 4.40. The summed E-state index contributed by atoms with van der Waals surface area (Å²) in [5, 5.41) is 13.3. The van der Waals surface area contributed by atoms with Crippen LogP contribution in [0.3, 0.4) is 0 Å². The fourth-order valence-corrected chi connectivity index (χ4v) is 2.53. The summed E-state index contributed by atoms with van der Waals surface area (Å²) in [5.74, 6) is 0. The lowest BCUT2D eigenvalue weighted by molar-refractivity contribution is 1.39. The molecule has 0 radical (unpaired) electrons. The first-order valence-electron chi connectivity index (χ1n) is 6.07. The van der Waals surface area contributed by atoms with Gasteiger partial charge in [-0.25, -0.2) is 0 Å². The maximum atomic E-state index is 8.98. The SMILES string of the molecule is N#Cc1cc(Br)cc(Nc2cnc3ccccc3c2)c1. The summed E-state index contributed by atoms with van der Waals surface area (Å²) in [6, 6.07) is 17.6. The van der Waals surface area contributed by atoms with Crippen molar-refractivity contribution in [2.24, 2.45) is 0 Å². The molecule has 96 valence electrons. The Hall–Kier alpha value is -2.38. The molecule has 0 unspecified atom stereocenters. The number of halogens is 1. The van der Waals surface area contributed by atoms with Gasteiger partial charge in [-0.2, -0.15) is 5.26 Å². The van der Waals surface area contributed by atoms with Gasteiger partial charge in [0.05, 0.1) is 29.0 Å². The second kappa shape index (κ2) is 5.32. The van der Waals surface area contributed by atoms with Gasteiger partial charge in [-0.1, -0.05) is 34.1 Å². The Morgan fingerprint density at radius 1 is 1.05 bits per heavy atom. The Kier molecular flexibility index (Phi) is 3.36. The molecule has 4 heteroatoms.